The summed E-state index contributed by atoms with van der Waals surface area (Å²) in [5.41, 5.74) is 0. The molecule has 38 valence electrons. The molecular weight excluding hydrogens is 169 g/mol. The molecule has 0 atom stereocenters. The van der Waals surface area contributed by atoms with Crippen LogP contribution in [0.3, 0.4) is 0 Å². The Hall–Kier alpha value is 0.203. The second-order valence-corrected chi connectivity index (χ2v) is 0.0816. The summed E-state index contributed by atoms with van der Waals surface area (Å²) in [6, 6.07) is 0. The Kier molecular flexibility index (Phi) is 366. The molecule has 6 heteroatoms. The smallest absolute Gasteiger partial charge is 0.152 e. The molecule has 0 radical (unpaired) electrons. The summed E-state index contributed by atoms with van der Waals surface area (Å²) in [6.45, 7) is 0. The molecule has 0 aromatic carbocycles. The van der Waals surface area contributed by atoms with Gasteiger partial charge in [0.05, 0.1) is 0 Å². The van der Waals surface area contributed by atoms with Crippen molar-refractivity contribution in [3.63, 3.8) is 0 Å². The van der Waals surface area contributed by atoms with Gasteiger partial charge >= 0.3 is 0 Å². The van der Waals surface area contributed by atoms with Crippen LogP contribution in [0.2, 0.25) is 0 Å². The molecule has 6 heavy (non-hydrogen) atoms. The van der Waals surface area contributed by atoms with Crippen LogP contribution < -0.4 is 0 Å². The second kappa shape index (κ2) is 63.5. The van der Waals surface area contributed by atoms with Crippen molar-refractivity contribution in [1.82, 2.24) is 0 Å². The molecule has 0 fully saturated rings. The topological polar surface area (TPSA) is 113 Å². The molecule has 0 amide bonds. The molecule has 0 aliphatic rings. The Morgan fingerprint density at radius 1 is 1.33 bits per heavy atom. The molecule has 0 aliphatic carbocycles. The summed E-state index contributed by atoms with van der Waals surface area (Å²) in [5.74, 6) is 0. The normalized spacial score (nSPS) is 2.00. The van der Waals surface area contributed by atoms with E-state index in [0.29, 0.717) is 0 Å². The van der Waals surface area contributed by atoms with E-state index < -0.39 is 0 Å². The molecule has 0 bridgehead atoms. The number of hydrogen-bond donors (Lipinski definition) is 1. The minimum Gasteiger partial charge on any atom is -0.412 e. The van der Waals surface area contributed by atoms with Gasteiger partial charge in [0.25, 0.3) is 0 Å². The predicted molar refractivity (Wildman–Crippen MR) is 14.8 cm³/mol. The number of hydrogen-bond acceptors (Lipinski definition) is 2. The van der Waals surface area contributed by atoms with E-state index in [-0.39, 0.29) is 37.2 Å². The monoisotopic (exact) mass is 173 g/mol. The van der Waals surface area contributed by atoms with Crippen molar-refractivity contribution < 1.29 is 42.4 Å². The maximum atomic E-state index is 8.11. The van der Waals surface area contributed by atoms with Gasteiger partial charge in [-0.05, 0) is 0 Å². The number of rotatable bonds is 0. The fourth-order valence-electron chi connectivity index (χ4n) is 0. The van der Waals surface area contributed by atoms with Crippen molar-refractivity contribution in [2.75, 3.05) is 0 Å². The van der Waals surface area contributed by atoms with Gasteiger partial charge in [-0.15, -0.1) is 4.91 Å². The average Bonchev–Trinajstić information content (AvgIpc) is 0.918. The Balaban J connectivity index is -0.00000000667. The van der Waals surface area contributed by atoms with Crippen molar-refractivity contribution in [2.24, 2.45) is 5.34 Å². The summed E-state index contributed by atoms with van der Waals surface area (Å²) in [7, 11) is 0. The standard InChI is InChI=1S/HNO2.2H2O.Zr/c2-1-3;;;/h(H,2,3);2*1H2;. The van der Waals surface area contributed by atoms with Crippen LogP contribution in [0.5, 0.6) is 0 Å². The van der Waals surface area contributed by atoms with Crippen molar-refractivity contribution in [1.29, 1.82) is 0 Å². The van der Waals surface area contributed by atoms with E-state index in [2.05, 4.69) is 0 Å². The van der Waals surface area contributed by atoms with E-state index in [9.17, 15) is 0 Å². The zero-order valence-electron chi connectivity index (χ0n) is 2.80. The average molecular weight is 174 g/mol. The summed E-state index contributed by atoms with van der Waals surface area (Å²) < 4.78 is 0. The van der Waals surface area contributed by atoms with Crippen molar-refractivity contribution in [3.05, 3.63) is 4.91 Å². The maximum absolute atomic E-state index is 8.11. The maximum Gasteiger partial charge on any atom is 0.152 e. The van der Waals surface area contributed by atoms with Gasteiger partial charge in [0.2, 0.25) is 0 Å². The SMILES string of the molecule is O.O.O=NO.[Zr]. The van der Waals surface area contributed by atoms with Crippen LogP contribution >= 0.6 is 0 Å². The van der Waals surface area contributed by atoms with E-state index in [4.69, 9.17) is 10.1 Å². The van der Waals surface area contributed by atoms with Crippen LogP contribution in [0, 0.1) is 4.91 Å². The molecule has 0 rings (SSSR count). The summed E-state index contributed by atoms with van der Waals surface area (Å²) in [5, 5.41) is 7.89. The minimum atomic E-state index is 0. The third-order valence-corrected chi connectivity index (χ3v) is 0. The first-order valence-electron chi connectivity index (χ1n) is 0.383. The van der Waals surface area contributed by atoms with Crippen LogP contribution in [0.4, 0.5) is 0 Å². The summed E-state index contributed by atoms with van der Waals surface area (Å²) in [6.07, 6.45) is 0. The molecule has 0 saturated carbocycles. The van der Waals surface area contributed by atoms with E-state index in [1.807, 2.05) is 0 Å². The molecule has 0 spiro atoms. The largest absolute Gasteiger partial charge is 0.412 e. The van der Waals surface area contributed by atoms with Crippen molar-refractivity contribution in [3.8, 4) is 0 Å². The first-order chi connectivity index (χ1) is 1.41. The Bertz CT molecular complexity index is 15.0. The van der Waals surface area contributed by atoms with Gasteiger partial charge in [-0.3, -0.25) is 0 Å². The van der Waals surface area contributed by atoms with E-state index in [0.717, 1.165) is 0 Å². The van der Waals surface area contributed by atoms with E-state index >= 15 is 0 Å². The molecule has 5 N–H and O–H groups in total. The van der Waals surface area contributed by atoms with Crippen LogP contribution in [-0.4, -0.2) is 16.2 Å². The zero-order chi connectivity index (χ0) is 2.71. The Labute approximate surface area is 53.0 Å². The second-order valence-electron chi connectivity index (χ2n) is 0.0816. The van der Waals surface area contributed by atoms with Gasteiger partial charge in [-0.1, -0.05) is 0 Å². The van der Waals surface area contributed by atoms with Crippen LogP contribution in [0.15, 0.2) is 5.34 Å². The first-order valence-corrected chi connectivity index (χ1v) is 0.383. The van der Waals surface area contributed by atoms with Gasteiger partial charge in [-0.25, -0.2) is 0 Å². The first kappa shape index (κ1) is 34.6. The summed E-state index contributed by atoms with van der Waals surface area (Å²) >= 11 is 0. The fraction of sp³-hybridized carbons (Fsp3) is 0. The molecule has 0 saturated heterocycles. The van der Waals surface area contributed by atoms with Crippen LogP contribution in [0.1, 0.15) is 0 Å². The van der Waals surface area contributed by atoms with Gasteiger partial charge in [0.1, 0.15) is 0 Å². The van der Waals surface area contributed by atoms with Gasteiger partial charge < -0.3 is 16.2 Å². The third-order valence-electron chi connectivity index (χ3n) is 0. The van der Waals surface area contributed by atoms with Gasteiger partial charge in [0.15, 0.2) is 5.34 Å². The third kappa shape index (κ3) is 1050. The minimum absolute atomic E-state index is 0. The molecule has 0 aliphatic heterocycles. The predicted octanol–water partition coefficient (Wildman–Crippen LogP) is -1.51. The van der Waals surface area contributed by atoms with Crippen LogP contribution in [-0.2, 0) is 26.2 Å². The molecule has 0 aromatic heterocycles. The van der Waals surface area contributed by atoms with Crippen molar-refractivity contribution >= 4 is 0 Å². The quantitative estimate of drug-likeness (QED) is 0.355. The molecule has 0 heterocycles. The Morgan fingerprint density at radius 2 is 1.33 bits per heavy atom. The fourth-order valence-corrected chi connectivity index (χ4v) is 0. The van der Waals surface area contributed by atoms with Crippen molar-refractivity contribution in [2.45, 2.75) is 0 Å². The van der Waals surface area contributed by atoms with Crippen LogP contribution in [0.25, 0.3) is 0 Å². The molecule has 5 nitrogen and oxygen atoms in total. The van der Waals surface area contributed by atoms with E-state index in [1.54, 1.807) is 0 Å². The summed E-state index contributed by atoms with van der Waals surface area (Å²) in [4.78, 5) is 8.11. The number of nitrogens with zero attached hydrogens (tertiary/aromatic N) is 1. The molecular formula is H5NO4Zr. The molecule has 0 aromatic rings. The van der Waals surface area contributed by atoms with Gasteiger partial charge in [0, 0.05) is 26.2 Å². The Morgan fingerprint density at radius 3 is 1.33 bits per heavy atom. The van der Waals surface area contributed by atoms with E-state index in [1.165, 1.54) is 5.34 Å². The van der Waals surface area contributed by atoms with Gasteiger partial charge in [-0.2, -0.15) is 0 Å². The molecule has 0 unspecified atom stereocenters. The zero-order valence-corrected chi connectivity index (χ0v) is 5.26.